The van der Waals surface area contributed by atoms with Crippen LogP contribution < -0.4 is 5.32 Å². The zero-order valence-corrected chi connectivity index (χ0v) is 16.5. The predicted octanol–water partition coefficient (Wildman–Crippen LogP) is 2.24. The maximum Gasteiger partial charge on any atom is 0.237 e. The van der Waals surface area contributed by atoms with E-state index in [2.05, 4.69) is 11.4 Å². The van der Waals surface area contributed by atoms with Crippen LogP contribution in [-0.2, 0) is 14.3 Å². The molecule has 4 bridgehead atoms. The molecule has 1 aliphatic heterocycles. The summed E-state index contributed by atoms with van der Waals surface area (Å²) in [4.78, 5) is 14.5. The zero-order chi connectivity index (χ0) is 18.9. The Bertz CT molecular complexity index is 588. The first kappa shape index (κ1) is 19.2. The molecule has 5 fully saturated rings. The summed E-state index contributed by atoms with van der Waals surface area (Å²) in [5.41, 5.74) is 0.00723. The van der Waals surface area contributed by atoms with Gasteiger partial charge in [-0.25, -0.2) is 0 Å². The number of nitrogens with one attached hydrogen (secondary N) is 1. The highest BCUT2D eigenvalue weighted by atomic mass is 16.5. The van der Waals surface area contributed by atoms with Crippen LogP contribution in [0.2, 0.25) is 0 Å². The molecule has 3 unspecified atom stereocenters. The molecule has 0 spiro atoms. The summed E-state index contributed by atoms with van der Waals surface area (Å²) in [5.74, 6) is 1.50. The average molecular weight is 376 g/mol. The SMILES string of the molecule is CCOCCOC12CC3C[C@@H](CC(NCC(=O)N4CCC[C@H]4C#N)(C3)C1)C2. The van der Waals surface area contributed by atoms with Crippen LogP contribution >= 0.6 is 0 Å². The minimum absolute atomic E-state index is 0.0277. The summed E-state index contributed by atoms with van der Waals surface area (Å²) in [6.45, 7) is 5.15. The largest absolute Gasteiger partial charge is 0.379 e. The highest BCUT2D eigenvalue weighted by Crippen LogP contribution is 2.58. The van der Waals surface area contributed by atoms with Gasteiger partial charge in [-0.3, -0.25) is 4.79 Å². The first-order valence-electron chi connectivity index (χ1n) is 10.7. The second-order valence-corrected chi connectivity index (χ2v) is 9.20. The molecule has 5 rings (SSSR count). The van der Waals surface area contributed by atoms with Crippen molar-refractivity contribution in [2.75, 3.05) is 32.9 Å². The lowest BCUT2D eigenvalue weighted by Gasteiger charge is -2.62. The van der Waals surface area contributed by atoms with Crippen LogP contribution in [0.25, 0.3) is 0 Å². The number of hydrogen-bond acceptors (Lipinski definition) is 5. The van der Waals surface area contributed by atoms with Crippen LogP contribution in [-0.4, -0.2) is 60.9 Å². The molecule has 1 saturated heterocycles. The van der Waals surface area contributed by atoms with Gasteiger partial charge in [0.2, 0.25) is 5.91 Å². The van der Waals surface area contributed by atoms with Crippen molar-refractivity contribution in [1.29, 1.82) is 5.26 Å². The van der Waals surface area contributed by atoms with E-state index < -0.39 is 0 Å². The van der Waals surface area contributed by atoms with Gasteiger partial charge in [0.25, 0.3) is 0 Å². The highest BCUT2D eigenvalue weighted by molar-refractivity contribution is 5.79. The van der Waals surface area contributed by atoms with Gasteiger partial charge in [-0.15, -0.1) is 0 Å². The first-order chi connectivity index (χ1) is 13.1. The molecular formula is C21H33N3O3. The molecule has 4 saturated carbocycles. The number of nitrogens with zero attached hydrogens (tertiary/aromatic N) is 2. The van der Waals surface area contributed by atoms with Crippen LogP contribution in [0.15, 0.2) is 0 Å². The summed E-state index contributed by atoms with van der Waals surface area (Å²) in [6, 6.07) is 2.04. The number of amides is 1. The third-order valence-corrected chi connectivity index (χ3v) is 7.18. The van der Waals surface area contributed by atoms with E-state index in [1.807, 2.05) is 6.92 Å². The smallest absolute Gasteiger partial charge is 0.237 e. The molecular weight excluding hydrogens is 342 g/mol. The van der Waals surface area contributed by atoms with Gasteiger partial charge in [0.05, 0.1) is 31.4 Å². The van der Waals surface area contributed by atoms with Gasteiger partial charge in [-0.2, -0.15) is 5.26 Å². The Kier molecular flexibility index (Phi) is 5.46. The molecule has 0 aromatic rings. The molecule has 0 radical (unpaired) electrons. The standard InChI is InChI=1S/C21H33N3O3/c1-2-26-6-7-27-21-11-16-8-17(12-21)10-20(9-16,15-21)23-14-19(25)24-5-3-4-18(24)13-22/h16-18,23H,2-12,14-15H2,1H3/t16-,17?,18-,20?,21?/m0/s1. The van der Waals surface area contributed by atoms with Crippen LogP contribution in [0.5, 0.6) is 0 Å². The van der Waals surface area contributed by atoms with Crippen molar-refractivity contribution in [3.8, 4) is 6.07 Å². The normalized spacial score (nSPS) is 39.7. The second-order valence-electron chi connectivity index (χ2n) is 9.20. The molecule has 0 aromatic carbocycles. The molecule has 0 aromatic heterocycles. The topological polar surface area (TPSA) is 74.6 Å². The second kappa shape index (κ2) is 7.69. The number of likely N-dealkylation sites (tertiary alicyclic amines) is 1. The fourth-order valence-electron chi connectivity index (χ4n) is 6.58. The first-order valence-corrected chi connectivity index (χ1v) is 10.7. The van der Waals surface area contributed by atoms with E-state index in [-0.39, 0.29) is 23.1 Å². The molecule has 4 aliphatic carbocycles. The van der Waals surface area contributed by atoms with Crippen LogP contribution in [0.3, 0.4) is 0 Å². The van der Waals surface area contributed by atoms with E-state index in [4.69, 9.17) is 9.47 Å². The van der Waals surface area contributed by atoms with Gasteiger partial charge in [0.15, 0.2) is 0 Å². The molecule has 1 amide bonds. The zero-order valence-electron chi connectivity index (χ0n) is 16.5. The predicted molar refractivity (Wildman–Crippen MR) is 101 cm³/mol. The van der Waals surface area contributed by atoms with E-state index in [0.29, 0.717) is 31.6 Å². The third kappa shape index (κ3) is 3.87. The average Bonchev–Trinajstić information content (AvgIpc) is 3.11. The monoisotopic (exact) mass is 375 g/mol. The summed E-state index contributed by atoms with van der Waals surface area (Å²) in [6.07, 6.45) is 8.73. The molecule has 1 heterocycles. The van der Waals surface area contributed by atoms with Crippen molar-refractivity contribution in [3.63, 3.8) is 0 Å². The van der Waals surface area contributed by atoms with E-state index in [1.165, 1.54) is 6.42 Å². The quantitative estimate of drug-likeness (QED) is 0.659. The van der Waals surface area contributed by atoms with E-state index in [9.17, 15) is 10.1 Å². The number of carbonyl (C=O) groups excluding carboxylic acids is 1. The third-order valence-electron chi connectivity index (χ3n) is 7.18. The fraction of sp³-hybridized carbons (Fsp3) is 0.905. The molecule has 1 N–H and O–H groups in total. The number of hydrogen-bond donors (Lipinski definition) is 1. The van der Waals surface area contributed by atoms with Crippen LogP contribution in [0.1, 0.15) is 58.3 Å². The lowest BCUT2D eigenvalue weighted by molar-refractivity contribution is -0.181. The summed E-state index contributed by atoms with van der Waals surface area (Å²) in [5, 5.41) is 12.9. The summed E-state index contributed by atoms with van der Waals surface area (Å²) in [7, 11) is 0. The van der Waals surface area contributed by atoms with E-state index in [0.717, 1.165) is 58.1 Å². The Morgan fingerprint density at radius 2 is 2.04 bits per heavy atom. The van der Waals surface area contributed by atoms with Gasteiger partial charge < -0.3 is 19.7 Å². The molecule has 27 heavy (non-hydrogen) atoms. The van der Waals surface area contributed by atoms with Gasteiger partial charge in [0, 0.05) is 18.7 Å². The molecule has 150 valence electrons. The molecule has 5 aliphatic rings. The van der Waals surface area contributed by atoms with Crippen molar-refractivity contribution < 1.29 is 14.3 Å². The van der Waals surface area contributed by atoms with Crippen LogP contribution in [0, 0.1) is 23.2 Å². The van der Waals surface area contributed by atoms with Crippen molar-refractivity contribution in [2.24, 2.45) is 11.8 Å². The molecule has 6 heteroatoms. The number of ether oxygens (including phenoxy) is 2. The maximum absolute atomic E-state index is 12.7. The Morgan fingerprint density at radius 1 is 1.26 bits per heavy atom. The van der Waals surface area contributed by atoms with E-state index in [1.54, 1.807) is 4.90 Å². The lowest BCUT2D eigenvalue weighted by atomic mass is 9.51. The minimum Gasteiger partial charge on any atom is -0.379 e. The van der Waals surface area contributed by atoms with Crippen molar-refractivity contribution in [2.45, 2.75) is 75.5 Å². The Labute approximate surface area is 162 Å². The minimum atomic E-state index is -0.232. The fourth-order valence-corrected chi connectivity index (χ4v) is 6.58. The van der Waals surface area contributed by atoms with Gasteiger partial charge in [-0.05, 0) is 70.1 Å². The summed E-state index contributed by atoms with van der Waals surface area (Å²) < 4.78 is 11.9. The van der Waals surface area contributed by atoms with Crippen molar-refractivity contribution in [1.82, 2.24) is 10.2 Å². The molecule has 5 atom stereocenters. The maximum atomic E-state index is 12.7. The lowest BCUT2D eigenvalue weighted by Crippen LogP contribution is -2.66. The van der Waals surface area contributed by atoms with Crippen molar-refractivity contribution in [3.05, 3.63) is 0 Å². The van der Waals surface area contributed by atoms with Gasteiger partial charge in [-0.1, -0.05) is 0 Å². The van der Waals surface area contributed by atoms with Crippen LogP contribution in [0.4, 0.5) is 0 Å². The number of nitriles is 1. The van der Waals surface area contributed by atoms with Gasteiger partial charge >= 0.3 is 0 Å². The molecule has 6 nitrogen and oxygen atoms in total. The van der Waals surface area contributed by atoms with Crippen molar-refractivity contribution >= 4 is 5.91 Å². The van der Waals surface area contributed by atoms with Gasteiger partial charge in [0.1, 0.15) is 6.04 Å². The highest BCUT2D eigenvalue weighted by Gasteiger charge is 2.58. The Hall–Kier alpha value is -1.16. The number of carbonyl (C=O) groups is 1. The Morgan fingerprint density at radius 3 is 2.74 bits per heavy atom. The van der Waals surface area contributed by atoms with E-state index >= 15 is 0 Å². The summed E-state index contributed by atoms with van der Waals surface area (Å²) >= 11 is 0. The Balaban J connectivity index is 1.37. The number of rotatable bonds is 8.